The van der Waals surface area contributed by atoms with Gasteiger partial charge in [0.1, 0.15) is 5.75 Å². The van der Waals surface area contributed by atoms with Crippen molar-refractivity contribution in [1.82, 2.24) is 4.31 Å². The molecule has 1 saturated heterocycles. The van der Waals surface area contributed by atoms with Gasteiger partial charge in [-0.1, -0.05) is 18.2 Å². The van der Waals surface area contributed by atoms with E-state index in [9.17, 15) is 18.0 Å². The number of sulfonamides is 1. The number of benzene rings is 2. The molecule has 32 heavy (non-hydrogen) atoms. The molecule has 8 nitrogen and oxygen atoms in total. The molecule has 0 unspecified atom stereocenters. The fraction of sp³-hybridized carbons (Fsp3) is 0.391. The Labute approximate surface area is 188 Å². The number of nitrogens with zero attached hydrogens (tertiary/aromatic N) is 1. The van der Waals surface area contributed by atoms with Gasteiger partial charge in [0.05, 0.1) is 11.5 Å². The van der Waals surface area contributed by atoms with Gasteiger partial charge in [0.25, 0.3) is 0 Å². The highest BCUT2D eigenvalue weighted by atomic mass is 32.2. The lowest BCUT2D eigenvalue weighted by Crippen LogP contribution is -2.27. The highest BCUT2D eigenvalue weighted by Gasteiger charge is 2.26. The number of esters is 1. The van der Waals surface area contributed by atoms with Crippen molar-refractivity contribution in [3.8, 4) is 5.75 Å². The number of anilines is 1. The summed E-state index contributed by atoms with van der Waals surface area (Å²) in [6.07, 6.45) is 2.51. The first-order valence-electron chi connectivity index (χ1n) is 10.7. The molecule has 172 valence electrons. The van der Waals surface area contributed by atoms with Crippen LogP contribution >= 0.6 is 0 Å². The van der Waals surface area contributed by atoms with Crippen molar-refractivity contribution in [2.45, 2.75) is 37.5 Å². The Morgan fingerprint density at radius 1 is 1.06 bits per heavy atom. The van der Waals surface area contributed by atoms with E-state index >= 15 is 0 Å². The molecule has 2 aromatic rings. The highest BCUT2D eigenvalue weighted by molar-refractivity contribution is 7.89. The summed E-state index contributed by atoms with van der Waals surface area (Å²) in [5.41, 5.74) is 1.44. The Morgan fingerprint density at radius 2 is 1.78 bits per heavy atom. The zero-order valence-electron chi connectivity index (χ0n) is 18.1. The van der Waals surface area contributed by atoms with E-state index < -0.39 is 16.0 Å². The molecule has 1 heterocycles. The van der Waals surface area contributed by atoms with Gasteiger partial charge in [-0.3, -0.25) is 4.79 Å². The van der Waals surface area contributed by atoms with E-state index in [2.05, 4.69) is 5.32 Å². The first-order valence-corrected chi connectivity index (χ1v) is 12.1. The third-order valence-corrected chi connectivity index (χ3v) is 6.96. The van der Waals surface area contributed by atoms with Crippen LogP contribution in [0.1, 0.15) is 31.7 Å². The Kier molecular flexibility index (Phi) is 8.24. The van der Waals surface area contributed by atoms with Gasteiger partial charge in [-0.25, -0.2) is 13.2 Å². The summed E-state index contributed by atoms with van der Waals surface area (Å²) in [5.74, 6) is -0.187. The number of aryl methyl sites for hydroxylation is 1. The predicted octanol–water partition coefficient (Wildman–Crippen LogP) is 2.98. The van der Waals surface area contributed by atoms with Gasteiger partial charge < -0.3 is 14.8 Å². The van der Waals surface area contributed by atoms with Crippen LogP contribution in [0.25, 0.3) is 0 Å². The minimum absolute atomic E-state index is 0.179. The van der Waals surface area contributed by atoms with Gasteiger partial charge >= 0.3 is 5.97 Å². The molecule has 0 radical (unpaired) electrons. The summed E-state index contributed by atoms with van der Waals surface area (Å²) in [6.45, 7) is 2.95. The minimum atomic E-state index is -3.43. The van der Waals surface area contributed by atoms with Crippen molar-refractivity contribution in [3.63, 3.8) is 0 Å². The van der Waals surface area contributed by atoms with E-state index in [4.69, 9.17) is 9.47 Å². The van der Waals surface area contributed by atoms with E-state index in [1.54, 1.807) is 55.5 Å². The van der Waals surface area contributed by atoms with E-state index in [-0.39, 0.29) is 30.4 Å². The molecule has 0 aromatic heterocycles. The molecular weight excluding hydrogens is 432 g/mol. The maximum Gasteiger partial charge on any atom is 0.344 e. The molecule has 0 atom stereocenters. The molecule has 2 aromatic carbocycles. The quantitative estimate of drug-likeness (QED) is 0.547. The molecule has 1 amide bonds. The van der Waals surface area contributed by atoms with E-state index in [1.165, 1.54) is 4.31 Å². The third-order valence-electron chi connectivity index (χ3n) is 5.05. The highest BCUT2D eigenvalue weighted by Crippen LogP contribution is 2.22. The standard InChI is InChI=1S/C23H28N2O6S/c1-2-30-23(27)17-31-20-7-5-6-19(16-20)24-22(26)13-10-18-8-11-21(12-9-18)32(28,29)25-14-3-4-15-25/h5-9,11-12,16H,2-4,10,13-15,17H2,1H3,(H,24,26). The SMILES string of the molecule is CCOC(=O)COc1cccc(NC(=O)CCc2ccc(S(=O)(=O)N3CCCC3)cc2)c1. The monoisotopic (exact) mass is 460 g/mol. The summed E-state index contributed by atoms with van der Waals surface area (Å²) in [4.78, 5) is 24.0. The largest absolute Gasteiger partial charge is 0.482 e. The lowest BCUT2D eigenvalue weighted by molar-refractivity contribution is -0.145. The maximum atomic E-state index is 12.6. The fourth-order valence-corrected chi connectivity index (χ4v) is 4.91. The topological polar surface area (TPSA) is 102 Å². The van der Waals surface area contributed by atoms with Gasteiger partial charge in [0.2, 0.25) is 15.9 Å². The average molecular weight is 461 g/mol. The van der Waals surface area contributed by atoms with Gasteiger partial charge in [0.15, 0.2) is 6.61 Å². The fourth-order valence-electron chi connectivity index (χ4n) is 3.40. The lowest BCUT2D eigenvalue weighted by atomic mass is 10.1. The van der Waals surface area contributed by atoms with Crippen molar-refractivity contribution >= 4 is 27.6 Å². The summed E-state index contributed by atoms with van der Waals surface area (Å²) < 4.78 is 36.9. The normalized spacial score (nSPS) is 14.2. The Bertz CT molecular complexity index is 1030. The maximum absolute atomic E-state index is 12.6. The number of amides is 1. The second-order valence-electron chi connectivity index (χ2n) is 7.42. The molecule has 0 aliphatic carbocycles. The van der Waals surface area contributed by atoms with Crippen LogP contribution in [0.5, 0.6) is 5.75 Å². The Balaban J connectivity index is 1.49. The number of rotatable bonds is 10. The first-order chi connectivity index (χ1) is 15.4. The molecule has 1 aliphatic heterocycles. The Hall–Kier alpha value is -2.91. The van der Waals surface area contributed by atoms with Gasteiger partial charge in [-0.05, 0) is 56.0 Å². The third kappa shape index (κ3) is 6.54. The van der Waals surface area contributed by atoms with Crippen LogP contribution in [0, 0.1) is 0 Å². The van der Waals surface area contributed by atoms with Crippen LogP contribution in [-0.2, 0) is 30.8 Å². The van der Waals surface area contributed by atoms with Crippen molar-refractivity contribution < 1.29 is 27.5 Å². The number of carbonyl (C=O) groups excluding carboxylic acids is 2. The van der Waals surface area contributed by atoms with Crippen LogP contribution < -0.4 is 10.1 Å². The molecule has 0 bridgehead atoms. The van der Waals surface area contributed by atoms with E-state index in [0.717, 1.165) is 18.4 Å². The molecule has 0 spiro atoms. The van der Waals surface area contributed by atoms with Crippen molar-refractivity contribution in [2.75, 3.05) is 31.6 Å². The summed E-state index contributed by atoms with van der Waals surface area (Å²) in [5, 5.41) is 2.80. The number of hydrogen-bond donors (Lipinski definition) is 1. The van der Waals surface area contributed by atoms with Crippen molar-refractivity contribution in [1.29, 1.82) is 0 Å². The molecule has 1 fully saturated rings. The van der Waals surface area contributed by atoms with Crippen LogP contribution in [0.3, 0.4) is 0 Å². The molecule has 1 aliphatic rings. The summed E-state index contributed by atoms with van der Waals surface area (Å²) >= 11 is 0. The summed E-state index contributed by atoms with van der Waals surface area (Å²) in [7, 11) is -3.43. The van der Waals surface area contributed by atoms with Crippen LogP contribution in [0.2, 0.25) is 0 Å². The molecular formula is C23H28N2O6S. The van der Waals surface area contributed by atoms with E-state index in [1.807, 2.05) is 0 Å². The number of nitrogens with one attached hydrogen (secondary N) is 1. The zero-order valence-corrected chi connectivity index (χ0v) is 18.9. The van der Waals surface area contributed by atoms with Gasteiger partial charge in [-0.2, -0.15) is 4.31 Å². The number of ether oxygens (including phenoxy) is 2. The average Bonchev–Trinajstić information content (AvgIpc) is 3.33. The van der Waals surface area contributed by atoms with Gasteiger partial charge in [-0.15, -0.1) is 0 Å². The van der Waals surface area contributed by atoms with Crippen LogP contribution in [0.4, 0.5) is 5.69 Å². The van der Waals surface area contributed by atoms with Gasteiger partial charge in [0, 0.05) is 31.3 Å². The predicted molar refractivity (Wildman–Crippen MR) is 120 cm³/mol. The number of hydrogen-bond acceptors (Lipinski definition) is 6. The van der Waals surface area contributed by atoms with Crippen molar-refractivity contribution in [2.24, 2.45) is 0 Å². The number of carbonyl (C=O) groups is 2. The molecule has 0 saturated carbocycles. The smallest absolute Gasteiger partial charge is 0.344 e. The molecule has 3 rings (SSSR count). The summed E-state index contributed by atoms with van der Waals surface area (Å²) in [6, 6.07) is 13.5. The second-order valence-corrected chi connectivity index (χ2v) is 9.36. The van der Waals surface area contributed by atoms with Crippen LogP contribution in [0.15, 0.2) is 53.4 Å². The minimum Gasteiger partial charge on any atom is -0.482 e. The first kappa shape index (κ1) is 23.7. The zero-order chi connectivity index (χ0) is 23.0. The lowest BCUT2D eigenvalue weighted by Gasteiger charge is -2.15. The van der Waals surface area contributed by atoms with Crippen LogP contribution in [-0.4, -0.2) is 50.9 Å². The Morgan fingerprint density at radius 3 is 2.47 bits per heavy atom. The van der Waals surface area contributed by atoms with Crippen molar-refractivity contribution in [3.05, 3.63) is 54.1 Å². The molecule has 9 heteroatoms. The second kappa shape index (κ2) is 11.1. The van der Waals surface area contributed by atoms with E-state index in [0.29, 0.717) is 30.9 Å². The molecule has 1 N–H and O–H groups in total.